The summed E-state index contributed by atoms with van der Waals surface area (Å²) in [6.07, 6.45) is 1.77. The molecule has 1 fully saturated rings. The van der Waals surface area contributed by atoms with E-state index in [0.717, 1.165) is 23.6 Å². The van der Waals surface area contributed by atoms with Crippen LogP contribution in [0.25, 0.3) is 0 Å². The van der Waals surface area contributed by atoms with Crippen molar-refractivity contribution in [2.75, 3.05) is 30.8 Å². The third-order valence-electron chi connectivity index (χ3n) is 5.07. The number of para-hydroxylation sites is 1. The zero-order valence-corrected chi connectivity index (χ0v) is 17.9. The van der Waals surface area contributed by atoms with Crippen LogP contribution in [-0.2, 0) is 0 Å². The van der Waals surface area contributed by atoms with Gasteiger partial charge in [0.1, 0.15) is 10.8 Å². The van der Waals surface area contributed by atoms with Crippen molar-refractivity contribution >= 4 is 34.6 Å². The summed E-state index contributed by atoms with van der Waals surface area (Å²) in [6.45, 7) is 1.22. The number of hydrogen-bond donors (Lipinski definition) is 2. The molecule has 3 aromatic rings. The predicted octanol–water partition coefficient (Wildman–Crippen LogP) is 4.21. The monoisotopic (exact) mass is 437 g/mol. The Balaban J connectivity index is 1.37. The minimum absolute atomic E-state index is 0.0612. The Bertz CT molecular complexity index is 1040. The molecule has 0 unspecified atom stereocenters. The SMILES string of the molecule is COc1ccc(NC(=O)N2CCC[C@@H](c3nnc(C(=O)Nc4ccccc4)s3)C2)cc1. The van der Waals surface area contributed by atoms with E-state index in [4.69, 9.17) is 4.74 Å². The first-order valence-corrected chi connectivity index (χ1v) is 10.8. The van der Waals surface area contributed by atoms with Crippen LogP contribution in [0.5, 0.6) is 5.75 Å². The molecular formula is C22H23N5O3S. The molecule has 1 aromatic heterocycles. The Labute approximate surface area is 184 Å². The van der Waals surface area contributed by atoms with Crippen LogP contribution in [0, 0.1) is 0 Å². The van der Waals surface area contributed by atoms with Crippen molar-refractivity contribution in [3.05, 3.63) is 64.6 Å². The van der Waals surface area contributed by atoms with E-state index in [1.54, 1.807) is 36.3 Å². The number of urea groups is 1. The van der Waals surface area contributed by atoms with Gasteiger partial charge in [-0.1, -0.05) is 29.5 Å². The molecule has 31 heavy (non-hydrogen) atoms. The van der Waals surface area contributed by atoms with Crippen molar-refractivity contribution < 1.29 is 14.3 Å². The van der Waals surface area contributed by atoms with Crippen LogP contribution < -0.4 is 15.4 Å². The number of likely N-dealkylation sites (tertiary alicyclic amines) is 1. The summed E-state index contributed by atoms with van der Waals surface area (Å²) in [7, 11) is 1.60. The van der Waals surface area contributed by atoms with Gasteiger partial charge in [0, 0.05) is 30.4 Å². The Morgan fingerprint density at radius 3 is 2.52 bits per heavy atom. The van der Waals surface area contributed by atoms with Crippen molar-refractivity contribution in [1.29, 1.82) is 0 Å². The molecule has 1 aliphatic rings. The van der Waals surface area contributed by atoms with Gasteiger partial charge in [-0.2, -0.15) is 0 Å². The number of anilines is 2. The van der Waals surface area contributed by atoms with Gasteiger partial charge in [-0.15, -0.1) is 10.2 Å². The number of nitrogens with zero attached hydrogens (tertiary/aromatic N) is 3. The number of hydrogen-bond acceptors (Lipinski definition) is 6. The van der Waals surface area contributed by atoms with Crippen LogP contribution in [0.15, 0.2) is 54.6 Å². The lowest BCUT2D eigenvalue weighted by Gasteiger charge is -2.31. The van der Waals surface area contributed by atoms with E-state index in [0.29, 0.717) is 29.5 Å². The third-order valence-corrected chi connectivity index (χ3v) is 6.15. The molecule has 0 bridgehead atoms. The molecule has 4 rings (SSSR count). The molecule has 1 aliphatic heterocycles. The summed E-state index contributed by atoms with van der Waals surface area (Å²) in [5.41, 5.74) is 1.42. The number of benzene rings is 2. The van der Waals surface area contributed by atoms with Gasteiger partial charge in [-0.05, 0) is 49.2 Å². The van der Waals surface area contributed by atoms with Gasteiger partial charge in [-0.3, -0.25) is 4.79 Å². The van der Waals surface area contributed by atoms with Crippen LogP contribution in [0.1, 0.15) is 33.6 Å². The van der Waals surface area contributed by atoms with Crippen LogP contribution >= 0.6 is 11.3 Å². The summed E-state index contributed by atoms with van der Waals surface area (Å²) < 4.78 is 5.14. The fraction of sp³-hybridized carbons (Fsp3) is 0.273. The minimum Gasteiger partial charge on any atom is -0.497 e. The largest absolute Gasteiger partial charge is 0.497 e. The number of aromatic nitrogens is 2. The van der Waals surface area contributed by atoms with E-state index in [9.17, 15) is 9.59 Å². The highest BCUT2D eigenvalue weighted by molar-refractivity contribution is 7.13. The summed E-state index contributed by atoms with van der Waals surface area (Å²) in [5.74, 6) is 0.519. The van der Waals surface area contributed by atoms with Crippen molar-refractivity contribution in [3.8, 4) is 5.75 Å². The standard InChI is InChI=1S/C22H23N5O3S/c1-30-18-11-9-17(10-12-18)24-22(29)27-13-5-6-15(14-27)20-25-26-21(31-20)19(28)23-16-7-3-2-4-8-16/h2-4,7-12,15H,5-6,13-14H2,1H3,(H,23,28)(H,24,29)/t15-/m1/s1. The Kier molecular flexibility index (Phi) is 6.42. The average molecular weight is 438 g/mol. The molecule has 2 heterocycles. The maximum atomic E-state index is 12.7. The molecule has 2 aromatic carbocycles. The molecular weight excluding hydrogens is 414 g/mol. The summed E-state index contributed by atoms with van der Waals surface area (Å²) in [6, 6.07) is 16.3. The molecule has 1 atom stereocenters. The predicted molar refractivity (Wildman–Crippen MR) is 120 cm³/mol. The third kappa shape index (κ3) is 5.18. The smallest absolute Gasteiger partial charge is 0.321 e. The van der Waals surface area contributed by atoms with E-state index in [1.807, 2.05) is 30.3 Å². The Morgan fingerprint density at radius 2 is 1.77 bits per heavy atom. The normalized spacial score (nSPS) is 15.9. The summed E-state index contributed by atoms with van der Waals surface area (Å²) in [5, 5.41) is 15.1. The van der Waals surface area contributed by atoms with Crippen molar-refractivity contribution in [2.24, 2.45) is 0 Å². The zero-order chi connectivity index (χ0) is 21.6. The van der Waals surface area contributed by atoms with Crippen molar-refractivity contribution in [2.45, 2.75) is 18.8 Å². The first kappa shape index (κ1) is 20.8. The second-order valence-electron chi connectivity index (χ2n) is 7.21. The maximum absolute atomic E-state index is 12.7. The van der Waals surface area contributed by atoms with Gasteiger partial charge in [0.2, 0.25) is 5.01 Å². The van der Waals surface area contributed by atoms with E-state index in [1.165, 1.54) is 11.3 Å². The van der Waals surface area contributed by atoms with Gasteiger partial charge in [0.25, 0.3) is 5.91 Å². The summed E-state index contributed by atoms with van der Waals surface area (Å²) in [4.78, 5) is 26.9. The second-order valence-corrected chi connectivity index (χ2v) is 8.22. The van der Waals surface area contributed by atoms with Crippen LogP contribution in [0.4, 0.5) is 16.2 Å². The second kappa shape index (κ2) is 9.57. The van der Waals surface area contributed by atoms with Crippen molar-refractivity contribution in [3.63, 3.8) is 0 Å². The lowest BCUT2D eigenvalue weighted by molar-refractivity contribution is 0.102. The molecule has 8 nitrogen and oxygen atoms in total. The molecule has 0 saturated carbocycles. The van der Waals surface area contributed by atoms with E-state index in [2.05, 4.69) is 20.8 Å². The Morgan fingerprint density at radius 1 is 1.03 bits per heavy atom. The first-order valence-electron chi connectivity index (χ1n) is 10.0. The maximum Gasteiger partial charge on any atom is 0.321 e. The number of piperidine rings is 1. The van der Waals surface area contributed by atoms with E-state index < -0.39 is 0 Å². The van der Waals surface area contributed by atoms with Gasteiger partial charge < -0.3 is 20.3 Å². The number of nitrogens with one attached hydrogen (secondary N) is 2. The van der Waals surface area contributed by atoms with Gasteiger partial charge in [0.05, 0.1) is 7.11 Å². The quantitative estimate of drug-likeness (QED) is 0.623. The van der Waals surface area contributed by atoms with Crippen LogP contribution in [-0.4, -0.2) is 47.2 Å². The molecule has 2 N–H and O–H groups in total. The van der Waals surface area contributed by atoms with Crippen molar-refractivity contribution in [1.82, 2.24) is 15.1 Å². The van der Waals surface area contributed by atoms with Gasteiger partial charge >= 0.3 is 6.03 Å². The zero-order valence-electron chi connectivity index (χ0n) is 17.1. The Hall–Kier alpha value is -3.46. The van der Waals surface area contributed by atoms with E-state index >= 15 is 0 Å². The summed E-state index contributed by atoms with van der Waals surface area (Å²) >= 11 is 1.28. The number of rotatable bonds is 5. The molecule has 3 amide bonds. The molecule has 160 valence electrons. The molecule has 9 heteroatoms. The van der Waals surface area contributed by atoms with Crippen LogP contribution in [0.2, 0.25) is 0 Å². The highest BCUT2D eigenvalue weighted by Gasteiger charge is 2.28. The van der Waals surface area contributed by atoms with Gasteiger partial charge in [-0.25, -0.2) is 4.79 Å². The number of amides is 3. The highest BCUT2D eigenvalue weighted by Crippen LogP contribution is 2.30. The lowest BCUT2D eigenvalue weighted by Crippen LogP contribution is -2.41. The molecule has 0 aliphatic carbocycles. The minimum atomic E-state index is -0.278. The first-order chi connectivity index (χ1) is 15.1. The molecule has 0 radical (unpaired) electrons. The number of carbonyl (C=O) groups is 2. The fourth-order valence-corrected chi connectivity index (χ4v) is 4.30. The number of ether oxygens (including phenoxy) is 1. The average Bonchev–Trinajstić information content (AvgIpc) is 3.31. The lowest BCUT2D eigenvalue weighted by atomic mass is 9.99. The molecule has 1 saturated heterocycles. The topological polar surface area (TPSA) is 96.4 Å². The number of carbonyl (C=O) groups excluding carboxylic acids is 2. The molecule has 0 spiro atoms. The van der Waals surface area contributed by atoms with Gasteiger partial charge in [0.15, 0.2) is 0 Å². The van der Waals surface area contributed by atoms with Crippen LogP contribution in [0.3, 0.4) is 0 Å². The fourth-order valence-electron chi connectivity index (χ4n) is 3.44. The van der Waals surface area contributed by atoms with E-state index in [-0.39, 0.29) is 17.9 Å². The highest BCUT2D eigenvalue weighted by atomic mass is 32.1. The number of methoxy groups -OCH3 is 1.